The number of thiazole rings is 2. The van der Waals surface area contributed by atoms with Crippen LogP contribution in [0.25, 0.3) is 10.2 Å². The lowest BCUT2D eigenvalue weighted by atomic mass is 10.3. The molecule has 3 rings (SSSR count). The summed E-state index contributed by atoms with van der Waals surface area (Å²) in [4.78, 5) is 44.8. The van der Waals surface area contributed by atoms with Gasteiger partial charge in [0.2, 0.25) is 5.91 Å². The first-order chi connectivity index (χ1) is 14.5. The first-order valence-electron chi connectivity index (χ1n) is 8.75. The van der Waals surface area contributed by atoms with Crippen LogP contribution in [0.15, 0.2) is 39.2 Å². The molecule has 12 heteroatoms. The maximum absolute atomic E-state index is 12.4. The Bertz CT molecular complexity index is 1120. The van der Waals surface area contributed by atoms with Crippen LogP contribution in [-0.4, -0.2) is 45.4 Å². The molecule has 1 N–H and O–H groups in total. The fourth-order valence-electron chi connectivity index (χ4n) is 2.43. The Labute approximate surface area is 192 Å². The highest BCUT2D eigenvalue weighted by molar-refractivity contribution is 9.10. The van der Waals surface area contributed by atoms with Gasteiger partial charge in [-0.1, -0.05) is 27.3 Å². The van der Waals surface area contributed by atoms with Crippen molar-refractivity contribution in [1.29, 1.82) is 0 Å². The second kappa shape index (κ2) is 10.8. The van der Waals surface area contributed by atoms with Crippen molar-refractivity contribution in [2.75, 3.05) is 23.4 Å². The van der Waals surface area contributed by atoms with Gasteiger partial charge in [-0.2, -0.15) is 4.99 Å². The quantitative estimate of drug-likeness (QED) is 0.450. The molecular weight excluding hydrogens is 512 g/mol. The molecule has 0 atom stereocenters. The Morgan fingerprint density at radius 2 is 2.17 bits per heavy atom. The van der Waals surface area contributed by atoms with E-state index in [1.54, 1.807) is 23.1 Å². The summed E-state index contributed by atoms with van der Waals surface area (Å²) in [6, 6.07) is 5.62. The molecule has 0 aliphatic rings. The second-order valence-corrected chi connectivity index (χ2v) is 9.58. The van der Waals surface area contributed by atoms with Crippen LogP contribution in [0.1, 0.15) is 6.92 Å². The average Bonchev–Trinajstić information content (AvgIpc) is 3.30. The number of thioether (sulfide) groups is 1. The van der Waals surface area contributed by atoms with Crippen molar-refractivity contribution in [1.82, 2.24) is 9.55 Å². The molecule has 0 saturated carbocycles. The SMILES string of the molecule is CCOC(=O)Cn1c(=NC(=O)CSCC(=O)Nc2nccs2)sc2cc(Br)ccc21. The molecule has 0 bridgehead atoms. The van der Waals surface area contributed by atoms with E-state index in [9.17, 15) is 14.4 Å². The smallest absolute Gasteiger partial charge is 0.326 e. The lowest BCUT2D eigenvalue weighted by molar-refractivity contribution is -0.143. The van der Waals surface area contributed by atoms with Crippen molar-refractivity contribution >= 4 is 83.5 Å². The highest BCUT2D eigenvalue weighted by atomic mass is 79.9. The van der Waals surface area contributed by atoms with E-state index in [0.29, 0.717) is 9.93 Å². The molecule has 0 spiro atoms. The highest BCUT2D eigenvalue weighted by Gasteiger charge is 2.13. The van der Waals surface area contributed by atoms with E-state index in [-0.39, 0.29) is 36.5 Å². The van der Waals surface area contributed by atoms with Crippen LogP contribution < -0.4 is 10.1 Å². The van der Waals surface area contributed by atoms with Gasteiger partial charge in [0.1, 0.15) is 6.54 Å². The van der Waals surface area contributed by atoms with Gasteiger partial charge in [0.05, 0.1) is 28.3 Å². The number of aromatic nitrogens is 2. The van der Waals surface area contributed by atoms with Gasteiger partial charge in [0, 0.05) is 16.0 Å². The Morgan fingerprint density at radius 1 is 1.33 bits per heavy atom. The van der Waals surface area contributed by atoms with Crippen molar-refractivity contribution < 1.29 is 19.1 Å². The topological polar surface area (TPSA) is 103 Å². The highest BCUT2D eigenvalue weighted by Crippen LogP contribution is 2.22. The summed E-state index contributed by atoms with van der Waals surface area (Å²) >= 11 is 7.23. The summed E-state index contributed by atoms with van der Waals surface area (Å²) in [6.45, 7) is 1.98. The van der Waals surface area contributed by atoms with Crippen molar-refractivity contribution in [2.24, 2.45) is 4.99 Å². The van der Waals surface area contributed by atoms with Crippen LogP contribution in [0.3, 0.4) is 0 Å². The number of nitrogens with one attached hydrogen (secondary N) is 1. The van der Waals surface area contributed by atoms with Crippen molar-refractivity contribution in [3.8, 4) is 0 Å². The number of nitrogens with zero attached hydrogens (tertiary/aromatic N) is 3. The van der Waals surface area contributed by atoms with Crippen molar-refractivity contribution in [3.05, 3.63) is 39.1 Å². The summed E-state index contributed by atoms with van der Waals surface area (Å²) in [5.41, 5.74) is 0.790. The summed E-state index contributed by atoms with van der Waals surface area (Å²) in [5.74, 6) is -0.856. The Kier molecular flexibility index (Phi) is 8.19. The standard InChI is InChI=1S/C18H17BrN4O4S3/c1-2-27-16(26)8-23-12-4-3-11(19)7-13(12)30-18(23)22-15(25)10-28-9-14(24)21-17-20-5-6-29-17/h3-7H,2,8-10H2,1H3,(H,20,21,24). The molecule has 3 aromatic rings. The van der Waals surface area contributed by atoms with E-state index in [1.165, 1.54) is 34.4 Å². The minimum Gasteiger partial charge on any atom is -0.465 e. The van der Waals surface area contributed by atoms with E-state index in [0.717, 1.165) is 14.7 Å². The number of anilines is 1. The maximum Gasteiger partial charge on any atom is 0.326 e. The average molecular weight is 529 g/mol. The lowest BCUT2D eigenvalue weighted by Crippen LogP contribution is -2.23. The molecule has 0 fully saturated rings. The summed E-state index contributed by atoms with van der Waals surface area (Å²) in [6.07, 6.45) is 1.60. The van der Waals surface area contributed by atoms with Gasteiger partial charge >= 0.3 is 5.97 Å². The van der Waals surface area contributed by atoms with Crippen LogP contribution in [0, 0.1) is 0 Å². The van der Waals surface area contributed by atoms with Crippen LogP contribution in [0.4, 0.5) is 5.13 Å². The van der Waals surface area contributed by atoms with Crippen molar-refractivity contribution in [3.63, 3.8) is 0 Å². The molecule has 0 aliphatic heterocycles. The third kappa shape index (κ3) is 6.24. The minimum atomic E-state index is -0.401. The Hall–Kier alpha value is -2.02. The predicted molar refractivity (Wildman–Crippen MR) is 123 cm³/mol. The molecule has 0 radical (unpaired) electrons. The number of benzene rings is 1. The van der Waals surface area contributed by atoms with E-state index in [2.05, 4.69) is 31.2 Å². The number of carbonyl (C=O) groups is 3. The lowest BCUT2D eigenvalue weighted by Gasteiger charge is -2.05. The zero-order valence-corrected chi connectivity index (χ0v) is 19.8. The normalized spacial score (nSPS) is 11.6. The van der Waals surface area contributed by atoms with Gasteiger partial charge in [-0.15, -0.1) is 23.1 Å². The zero-order valence-electron chi connectivity index (χ0n) is 15.8. The molecule has 158 valence electrons. The number of amides is 2. The number of halogens is 1. The molecule has 8 nitrogen and oxygen atoms in total. The molecule has 2 amide bonds. The van der Waals surface area contributed by atoms with Gasteiger partial charge in [0.25, 0.3) is 5.91 Å². The molecule has 0 saturated heterocycles. The van der Waals surface area contributed by atoms with Gasteiger partial charge in [0.15, 0.2) is 9.93 Å². The third-order valence-electron chi connectivity index (χ3n) is 3.60. The van der Waals surface area contributed by atoms with Gasteiger partial charge < -0.3 is 14.6 Å². The molecule has 2 aromatic heterocycles. The number of ether oxygens (including phenoxy) is 1. The van der Waals surface area contributed by atoms with Gasteiger partial charge in [-0.3, -0.25) is 14.4 Å². The van der Waals surface area contributed by atoms with Crippen LogP contribution in [0.2, 0.25) is 0 Å². The Balaban J connectivity index is 1.71. The molecular formula is C18H17BrN4O4S3. The number of fused-ring (bicyclic) bond motifs is 1. The van der Waals surface area contributed by atoms with Gasteiger partial charge in [-0.25, -0.2) is 4.98 Å². The zero-order chi connectivity index (χ0) is 21.5. The summed E-state index contributed by atoms with van der Waals surface area (Å²) < 4.78 is 8.48. The fraction of sp³-hybridized carbons (Fsp3) is 0.278. The monoisotopic (exact) mass is 528 g/mol. The van der Waals surface area contributed by atoms with E-state index < -0.39 is 5.97 Å². The van der Waals surface area contributed by atoms with Crippen molar-refractivity contribution in [2.45, 2.75) is 13.5 Å². The molecule has 1 aromatic carbocycles. The Morgan fingerprint density at radius 3 is 2.90 bits per heavy atom. The van der Waals surface area contributed by atoms with E-state index >= 15 is 0 Å². The molecule has 0 aliphatic carbocycles. The van der Waals surface area contributed by atoms with E-state index in [1.807, 2.05) is 18.2 Å². The maximum atomic E-state index is 12.4. The summed E-state index contributed by atoms with van der Waals surface area (Å²) in [5, 5.41) is 4.94. The first kappa shape index (κ1) is 22.7. The van der Waals surface area contributed by atoms with Crippen LogP contribution >= 0.6 is 50.4 Å². The third-order valence-corrected chi connectivity index (χ3v) is 6.74. The molecule has 2 heterocycles. The number of hydrogen-bond acceptors (Lipinski definition) is 8. The number of rotatable bonds is 8. The number of hydrogen-bond donors (Lipinski definition) is 1. The van der Waals surface area contributed by atoms with Crippen LogP contribution in [0.5, 0.6) is 0 Å². The minimum absolute atomic E-state index is 0.0368. The summed E-state index contributed by atoms with van der Waals surface area (Å²) in [7, 11) is 0. The molecule has 30 heavy (non-hydrogen) atoms. The largest absolute Gasteiger partial charge is 0.465 e. The fourth-order valence-corrected chi connectivity index (χ4v) is 5.17. The van der Waals surface area contributed by atoms with E-state index in [4.69, 9.17) is 4.74 Å². The first-order valence-corrected chi connectivity index (χ1v) is 12.4. The predicted octanol–water partition coefficient (Wildman–Crippen LogP) is 3.28. The van der Waals surface area contributed by atoms with Gasteiger partial charge in [-0.05, 0) is 25.1 Å². The molecule has 0 unspecified atom stereocenters. The van der Waals surface area contributed by atoms with Crippen LogP contribution in [-0.2, 0) is 25.7 Å². The second-order valence-electron chi connectivity index (χ2n) is 5.77. The number of carbonyl (C=O) groups excluding carboxylic acids is 3. The number of esters is 1.